The molecule has 3 rings (SSSR count). The number of morpholine rings is 1. The van der Waals surface area contributed by atoms with Gasteiger partial charge in [0, 0.05) is 24.5 Å². The molecule has 2 atom stereocenters. The van der Waals surface area contributed by atoms with Crippen LogP contribution >= 0.6 is 0 Å². The molecule has 0 bridgehead atoms. The lowest BCUT2D eigenvalue weighted by Crippen LogP contribution is -2.51. The van der Waals surface area contributed by atoms with Gasteiger partial charge in [0.05, 0.1) is 12.6 Å². The van der Waals surface area contributed by atoms with Crippen molar-refractivity contribution in [2.45, 2.75) is 33.0 Å². The topological polar surface area (TPSA) is 42.4 Å². The van der Waals surface area contributed by atoms with Gasteiger partial charge in [0.15, 0.2) is 0 Å². The van der Waals surface area contributed by atoms with Gasteiger partial charge in [-0.05, 0) is 23.1 Å². The Balaban J connectivity index is 1.87. The van der Waals surface area contributed by atoms with Crippen molar-refractivity contribution in [1.29, 1.82) is 0 Å². The Bertz CT molecular complexity index is 680. The number of rotatable bonds is 2. The molecule has 1 aromatic carbocycles. The van der Waals surface area contributed by atoms with Gasteiger partial charge in [-0.25, -0.2) is 0 Å². The van der Waals surface area contributed by atoms with Crippen LogP contribution in [0.4, 0.5) is 0 Å². The quantitative estimate of drug-likeness (QED) is 0.846. The van der Waals surface area contributed by atoms with Crippen molar-refractivity contribution in [3.8, 4) is 0 Å². The van der Waals surface area contributed by atoms with E-state index in [0.717, 1.165) is 5.56 Å². The number of hydrogen-bond acceptors (Lipinski definition) is 3. The van der Waals surface area contributed by atoms with Crippen LogP contribution in [0.25, 0.3) is 0 Å². The first-order chi connectivity index (χ1) is 11.4. The number of ether oxygens (including phenoxy) is 1. The van der Waals surface area contributed by atoms with Crippen LogP contribution in [0, 0.1) is 5.41 Å². The zero-order chi connectivity index (χ0) is 17.2. The second-order valence-electron chi connectivity index (χ2n) is 7.34. The molecule has 1 saturated heterocycles. The molecule has 0 spiro atoms. The summed E-state index contributed by atoms with van der Waals surface area (Å²) >= 11 is 0. The molecule has 2 heterocycles. The fourth-order valence-electron chi connectivity index (χ4n) is 2.93. The third kappa shape index (κ3) is 3.65. The summed E-state index contributed by atoms with van der Waals surface area (Å²) in [6.07, 6.45) is 3.20. The summed E-state index contributed by atoms with van der Waals surface area (Å²) in [6.45, 7) is 7.63. The molecule has 1 amide bonds. The normalized spacial score (nSPS) is 21.5. The number of carbonyl (C=O) groups is 1. The molecule has 4 heteroatoms. The smallest absolute Gasteiger partial charge is 0.254 e. The molecule has 0 radical (unpaired) electrons. The Labute approximate surface area is 143 Å². The maximum absolute atomic E-state index is 12.9. The Hall–Kier alpha value is -2.20. The minimum atomic E-state index is -0.102. The number of amides is 1. The molecule has 2 aromatic rings. The molecule has 0 aliphatic carbocycles. The SMILES string of the molecule is CC(C)(C)[C@H]1CN(C(=O)c2ccncc2)C[C@@H](c2ccccc2)O1. The lowest BCUT2D eigenvalue weighted by Gasteiger charge is -2.43. The number of pyridine rings is 1. The molecule has 1 aromatic heterocycles. The van der Waals surface area contributed by atoms with Crippen molar-refractivity contribution in [2.75, 3.05) is 13.1 Å². The number of nitrogens with zero attached hydrogens (tertiary/aromatic N) is 2. The first-order valence-electron chi connectivity index (χ1n) is 8.35. The largest absolute Gasteiger partial charge is 0.366 e. The number of carbonyl (C=O) groups excluding carboxylic acids is 1. The zero-order valence-electron chi connectivity index (χ0n) is 14.5. The van der Waals surface area contributed by atoms with Gasteiger partial charge in [-0.1, -0.05) is 51.1 Å². The predicted molar refractivity (Wildman–Crippen MR) is 93.7 cm³/mol. The molecular weight excluding hydrogens is 300 g/mol. The molecule has 24 heavy (non-hydrogen) atoms. The second-order valence-corrected chi connectivity index (χ2v) is 7.34. The van der Waals surface area contributed by atoms with Gasteiger partial charge >= 0.3 is 0 Å². The standard InChI is InChI=1S/C20H24N2O2/c1-20(2,3)18-14-22(19(23)16-9-11-21-12-10-16)13-17(24-18)15-7-5-4-6-8-15/h4-12,17-18H,13-14H2,1-3H3/t17-,18+/m0/s1. The minimum Gasteiger partial charge on any atom is -0.366 e. The van der Waals surface area contributed by atoms with Gasteiger partial charge in [-0.15, -0.1) is 0 Å². The van der Waals surface area contributed by atoms with E-state index in [4.69, 9.17) is 4.74 Å². The zero-order valence-corrected chi connectivity index (χ0v) is 14.5. The summed E-state index contributed by atoms with van der Waals surface area (Å²) in [7, 11) is 0. The van der Waals surface area contributed by atoms with Gasteiger partial charge < -0.3 is 9.64 Å². The number of benzene rings is 1. The van der Waals surface area contributed by atoms with E-state index >= 15 is 0 Å². The van der Waals surface area contributed by atoms with Gasteiger partial charge in [-0.2, -0.15) is 0 Å². The lowest BCUT2D eigenvalue weighted by molar-refractivity contribution is -0.119. The molecule has 126 valence electrons. The van der Waals surface area contributed by atoms with Crippen molar-refractivity contribution >= 4 is 5.91 Å². The van der Waals surface area contributed by atoms with Gasteiger partial charge in [0.25, 0.3) is 5.91 Å². The fourth-order valence-corrected chi connectivity index (χ4v) is 2.93. The van der Waals surface area contributed by atoms with E-state index in [-0.39, 0.29) is 23.5 Å². The van der Waals surface area contributed by atoms with Crippen LogP contribution in [-0.2, 0) is 4.74 Å². The summed E-state index contributed by atoms with van der Waals surface area (Å²) in [6, 6.07) is 13.7. The van der Waals surface area contributed by atoms with E-state index in [1.54, 1.807) is 24.5 Å². The maximum atomic E-state index is 12.9. The van der Waals surface area contributed by atoms with E-state index in [9.17, 15) is 4.79 Å². The van der Waals surface area contributed by atoms with Crippen LogP contribution in [0.3, 0.4) is 0 Å². The maximum Gasteiger partial charge on any atom is 0.254 e. The van der Waals surface area contributed by atoms with Gasteiger partial charge in [-0.3, -0.25) is 9.78 Å². The second kappa shape index (κ2) is 6.73. The van der Waals surface area contributed by atoms with Crippen molar-refractivity contribution in [2.24, 2.45) is 5.41 Å². The highest BCUT2D eigenvalue weighted by Gasteiger charge is 2.37. The summed E-state index contributed by atoms with van der Waals surface area (Å²) < 4.78 is 6.35. The highest BCUT2D eigenvalue weighted by molar-refractivity contribution is 5.94. The Kier molecular flexibility index (Phi) is 4.67. The van der Waals surface area contributed by atoms with Crippen LogP contribution in [-0.4, -0.2) is 35.0 Å². The average Bonchev–Trinajstić information content (AvgIpc) is 2.61. The highest BCUT2D eigenvalue weighted by Crippen LogP contribution is 2.33. The van der Waals surface area contributed by atoms with Crippen molar-refractivity contribution in [1.82, 2.24) is 9.88 Å². The Morgan fingerprint density at radius 3 is 2.38 bits per heavy atom. The first kappa shape index (κ1) is 16.7. The third-order valence-electron chi connectivity index (χ3n) is 4.45. The predicted octanol–water partition coefficient (Wildman–Crippen LogP) is 3.71. The van der Waals surface area contributed by atoms with E-state index in [1.807, 2.05) is 23.1 Å². The third-order valence-corrected chi connectivity index (χ3v) is 4.45. The molecule has 1 fully saturated rings. The summed E-state index contributed by atoms with van der Waals surface area (Å²) in [4.78, 5) is 18.8. The summed E-state index contributed by atoms with van der Waals surface area (Å²) in [5.74, 6) is 0.0379. The lowest BCUT2D eigenvalue weighted by atomic mass is 9.87. The van der Waals surface area contributed by atoms with Gasteiger partial charge in [0.2, 0.25) is 0 Å². The molecule has 4 nitrogen and oxygen atoms in total. The average molecular weight is 324 g/mol. The van der Waals surface area contributed by atoms with Crippen LogP contribution in [0.15, 0.2) is 54.9 Å². The Morgan fingerprint density at radius 1 is 1.08 bits per heavy atom. The number of hydrogen-bond donors (Lipinski definition) is 0. The van der Waals surface area contributed by atoms with Crippen molar-refractivity contribution < 1.29 is 9.53 Å². The minimum absolute atomic E-state index is 0.0118. The Morgan fingerprint density at radius 2 is 1.75 bits per heavy atom. The van der Waals surface area contributed by atoms with Crippen molar-refractivity contribution in [3.63, 3.8) is 0 Å². The van der Waals surface area contributed by atoms with E-state index in [1.165, 1.54) is 0 Å². The molecule has 1 aliphatic rings. The fraction of sp³-hybridized carbons (Fsp3) is 0.400. The number of aromatic nitrogens is 1. The van der Waals surface area contributed by atoms with Crippen LogP contribution in [0.5, 0.6) is 0 Å². The summed E-state index contributed by atoms with van der Waals surface area (Å²) in [5, 5.41) is 0. The molecule has 0 unspecified atom stereocenters. The van der Waals surface area contributed by atoms with Gasteiger partial charge in [0.1, 0.15) is 6.10 Å². The molecule has 0 N–H and O–H groups in total. The van der Waals surface area contributed by atoms with Crippen LogP contribution < -0.4 is 0 Å². The van der Waals surface area contributed by atoms with E-state index < -0.39 is 0 Å². The molecule has 1 aliphatic heterocycles. The van der Waals surface area contributed by atoms with Crippen molar-refractivity contribution in [3.05, 3.63) is 66.0 Å². The first-order valence-corrected chi connectivity index (χ1v) is 8.35. The molecular formula is C20H24N2O2. The monoisotopic (exact) mass is 324 g/mol. The van der Waals surface area contributed by atoms with Crippen LogP contribution in [0.1, 0.15) is 42.8 Å². The highest BCUT2D eigenvalue weighted by atomic mass is 16.5. The van der Waals surface area contributed by atoms with E-state index in [2.05, 4.69) is 37.9 Å². The van der Waals surface area contributed by atoms with Crippen LogP contribution in [0.2, 0.25) is 0 Å². The summed E-state index contributed by atoms with van der Waals surface area (Å²) in [5.41, 5.74) is 1.75. The molecule has 0 saturated carbocycles. The van der Waals surface area contributed by atoms with E-state index in [0.29, 0.717) is 18.7 Å².